The van der Waals surface area contributed by atoms with Gasteiger partial charge in [0.25, 0.3) is 0 Å². The van der Waals surface area contributed by atoms with Crippen LogP contribution in [0.2, 0.25) is 0 Å². The molecule has 2 rings (SSSR count). The minimum absolute atomic E-state index is 0.387. The summed E-state index contributed by atoms with van der Waals surface area (Å²) in [5.74, 6) is 0.171. The van der Waals surface area contributed by atoms with Crippen molar-refractivity contribution in [3.8, 4) is 5.75 Å². The summed E-state index contributed by atoms with van der Waals surface area (Å²) in [4.78, 5) is 11.5. The first-order valence-electron chi connectivity index (χ1n) is 4.51. The first-order chi connectivity index (χ1) is 7.24. The zero-order valence-corrected chi connectivity index (χ0v) is 9.76. The number of methoxy groups -OCH3 is 1. The number of carbonyl (C=O) groups is 1. The quantitative estimate of drug-likeness (QED) is 0.795. The Morgan fingerprint density at radius 1 is 1.60 bits per heavy atom. The predicted octanol–water partition coefficient (Wildman–Crippen LogP) is 2.04. The Bertz CT molecular complexity index is 406. The van der Waals surface area contributed by atoms with Crippen LogP contribution < -0.4 is 10.1 Å². The normalized spacial score (nSPS) is 13.5. The summed E-state index contributed by atoms with van der Waals surface area (Å²) in [6.45, 7) is 1.28. The molecule has 0 aromatic heterocycles. The van der Waals surface area contributed by atoms with E-state index in [9.17, 15) is 4.79 Å². The third-order valence-corrected chi connectivity index (χ3v) is 2.82. The zero-order valence-electron chi connectivity index (χ0n) is 8.17. The van der Waals surface area contributed by atoms with Crippen LogP contribution in [0.3, 0.4) is 0 Å². The Balaban J connectivity index is 2.52. The molecule has 1 N–H and O–H groups in total. The minimum atomic E-state index is -0.387. The van der Waals surface area contributed by atoms with Gasteiger partial charge in [-0.2, -0.15) is 0 Å². The van der Waals surface area contributed by atoms with E-state index < -0.39 is 0 Å². The molecule has 0 aliphatic carbocycles. The van der Waals surface area contributed by atoms with Crippen LogP contribution in [0.5, 0.6) is 5.75 Å². The molecule has 15 heavy (non-hydrogen) atoms. The molecule has 1 aromatic rings. The van der Waals surface area contributed by atoms with E-state index in [0.29, 0.717) is 17.9 Å². The largest absolute Gasteiger partial charge is 0.489 e. The third-order valence-electron chi connectivity index (χ3n) is 2.16. The Hall–Kier alpha value is -1.23. The van der Waals surface area contributed by atoms with Crippen LogP contribution >= 0.6 is 15.9 Å². The molecular weight excluding hydrogens is 262 g/mol. The van der Waals surface area contributed by atoms with E-state index in [1.54, 1.807) is 12.1 Å². The van der Waals surface area contributed by atoms with Crippen LogP contribution in [0.15, 0.2) is 16.6 Å². The second-order valence-corrected chi connectivity index (χ2v) is 3.92. The number of ether oxygens (including phenoxy) is 2. The van der Waals surface area contributed by atoms with Crippen molar-refractivity contribution in [2.24, 2.45) is 0 Å². The van der Waals surface area contributed by atoms with Crippen LogP contribution in [0.1, 0.15) is 10.4 Å². The zero-order chi connectivity index (χ0) is 10.8. The summed E-state index contributed by atoms with van der Waals surface area (Å²) in [5.41, 5.74) is 1.26. The highest BCUT2D eigenvalue weighted by atomic mass is 79.9. The van der Waals surface area contributed by atoms with Gasteiger partial charge in [0, 0.05) is 11.0 Å². The van der Waals surface area contributed by atoms with Crippen molar-refractivity contribution in [1.29, 1.82) is 0 Å². The summed E-state index contributed by atoms with van der Waals surface area (Å²) in [7, 11) is 1.35. The number of rotatable bonds is 1. The fourth-order valence-electron chi connectivity index (χ4n) is 1.47. The molecular formula is C10H10BrNO3. The molecule has 0 amide bonds. The second-order valence-electron chi connectivity index (χ2n) is 3.07. The first-order valence-corrected chi connectivity index (χ1v) is 5.31. The molecule has 1 aliphatic heterocycles. The van der Waals surface area contributed by atoms with Crippen molar-refractivity contribution in [2.75, 3.05) is 25.6 Å². The summed E-state index contributed by atoms with van der Waals surface area (Å²) in [5, 5.41) is 3.17. The lowest BCUT2D eigenvalue weighted by molar-refractivity contribution is 0.0596. The minimum Gasteiger partial charge on any atom is -0.489 e. The van der Waals surface area contributed by atoms with E-state index in [-0.39, 0.29) is 5.97 Å². The van der Waals surface area contributed by atoms with Gasteiger partial charge in [-0.15, -0.1) is 0 Å². The molecule has 0 unspecified atom stereocenters. The number of anilines is 1. The third kappa shape index (κ3) is 1.79. The number of nitrogens with one attached hydrogen (secondary N) is 1. The Labute approximate surface area is 95.7 Å². The number of halogens is 1. The average Bonchev–Trinajstić information content (AvgIpc) is 2.29. The van der Waals surface area contributed by atoms with Gasteiger partial charge in [0.05, 0.1) is 12.8 Å². The molecule has 0 atom stereocenters. The summed E-state index contributed by atoms with van der Waals surface area (Å²) < 4.78 is 11.0. The molecule has 1 aromatic carbocycles. The number of fused-ring (bicyclic) bond motifs is 1. The average molecular weight is 272 g/mol. The van der Waals surface area contributed by atoms with E-state index in [1.807, 2.05) is 0 Å². The summed E-state index contributed by atoms with van der Waals surface area (Å²) >= 11 is 3.39. The molecule has 0 bridgehead atoms. The maximum absolute atomic E-state index is 11.5. The van der Waals surface area contributed by atoms with Gasteiger partial charge >= 0.3 is 5.97 Å². The number of hydrogen-bond donors (Lipinski definition) is 1. The van der Waals surface area contributed by atoms with Crippen LogP contribution in [0.25, 0.3) is 0 Å². The van der Waals surface area contributed by atoms with E-state index >= 15 is 0 Å². The van der Waals surface area contributed by atoms with Crippen molar-refractivity contribution < 1.29 is 14.3 Å². The van der Waals surface area contributed by atoms with Gasteiger partial charge in [-0.25, -0.2) is 4.79 Å². The summed E-state index contributed by atoms with van der Waals surface area (Å²) in [6, 6.07) is 3.48. The maximum atomic E-state index is 11.5. The monoisotopic (exact) mass is 271 g/mol. The number of esters is 1. The van der Waals surface area contributed by atoms with Crippen LogP contribution in [-0.2, 0) is 4.74 Å². The van der Waals surface area contributed by atoms with Crippen molar-refractivity contribution in [2.45, 2.75) is 0 Å². The second kappa shape index (κ2) is 4.10. The number of carbonyl (C=O) groups excluding carboxylic acids is 1. The predicted molar refractivity (Wildman–Crippen MR) is 59.5 cm³/mol. The van der Waals surface area contributed by atoms with E-state index in [2.05, 4.69) is 26.0 Å². The molecule has 0 saturated heterocycles. The van der Waals surface area contributed by atoms with Crippen molar-refractivity contribution >= 4 is 27.6 Å². The first kappa shape index (κ1) is 10.3. The molecule has 0 spiro atoms. The molecule has 1 aliphatic rings. The molecule has 0 saturated carbocycles. The fraction of sp³-hybridized carbons (Fsp3) is 0.300. The Morgan fingerprint density at radius 2 is 2.40 bits per heavy atom. The van der Waals surface area contributed by atoms with Crippen LogP contribution in [0.4, 0.5) is 5.69 Å². The van der Waals surface area contributed by atoms with Crippen LogP contribution in [0, 0.1) is 0 Å². The maximum Gasteiger partial charge on any atom is 0.341 e. The van der Waals surface area contributed by atoms with Gasteiger partial charge in [0.1, 0.15) is 12.2 Å². The smallest absolute Gasteiger partial charge is 0.341 e. The lowest BCUT2D eigenvalue weighted by Gasteiger charge is -2.22. The van der Waals surface area contributed by atoms with Crippen molar-refractivity contribution in [3.05, 3.63) is 22.2 Å². The summed E-state index contributed by atoms with van der Waals surface area (Å²) in [6.07, 6.45) is 0. The van der Waals surface area contributed by atoms with Gasteiger partial charge in [0.15, 0.2) is 5.75 Å². The molecule has 1 heterocycles. The van der Waals surface area contributed by atoms with Gasteiger partial charge in [0.2, 0.25) is 0 Å². The molecule has 80 valence electrons. The lowest BCUT2D eigenvalue weighted by atomic mass is 10.1. The van der Waals surface area contributed by atoms with Gasteiger partial charge in [-0.3, -0.25) is 0 Å². The van der Waals surface area contributed by atoms with E-state index in [1.165, 1.54) is 7.11 Å². The number of benzene rings is 1. The molecule has 4 nitrogen and oxygen atoms in total. The lowest BCUT2D eigenvalue weighted by Crippen LogP contribution is -2.20. The van der Waals surface area contributed by atoms with Gasteiger partial charge in [-0.1, -0.05) is 0 Å². The van der Waals surface area contributed by atoms with Gasteiger partial charge in [-0.05, 0) is 28.1 Å². The Morgan fingerprint density at radius 3 is 3.13 bits per heavy atom. The van der Waals surface area contributed by atoms with E-state index in [4.69, 9.17) is 4.74 Å². The molecule has 5 heteroatoms. The van der Waals surface area contributed by atoms with Crippen molar-refractivity contribution in [1.82, 2.24) is 0 Å². The SMILES string of the molecule is COC(=O)c1ccc(Br)c2c1OCCN2. The van der Waals surface area contributed by atoms with Crippen LogP contribution in [-0.4, -0.2) is 26.2 Å². The van der Waals surface area contributed by atoms with Gasteiger partial charge < -0.3 is 14.8 Å². The highest BCUT2D eigenvalue weighted by molar-refractivity contribution is 9.10. The standard InChI is InChI=1S/C10H10BrNO3/c1-14-10(13)6-2-3-7(11)8-9(6)15-5-4-12-8/h2-3,12H,4-5H2,1H3. The highest BCUT2D eigenvalue weighted by Gasteiger charge is 2.21. The van der Waals surface area contributed by atoms with Crippen molar-refractivity contribution in [3.63, 3.8) is 0 Å². The molecule has 0 fully saturated rings. The highest BCUT2D eigenvalue weighted by Crippen LogP contribution is 2.37. The fourth-order valence-corrected chi connectivity index (χ4v) is 1.93. The number of hydrogen-bond acceptors (Lipinski definition) is 4. The Kier molecular flexibility index (Phi) is 2.81. The molecule has 0 radical (unpaired) electrons. The van der Waals surface area contributed by atoms with E-state index in [0.717, 1.165) is 16.7 Å². The topological polar surface area (TPSA) is 47.6 Å².